The number of anilines is 1. The largest absolute Gasteiger partial charge is 0.370 e. The molecule has 1 aliphatic heterocycles. The van der Waals surface area contributed by atoms with Crippen molar-refractivity contribution in [2.45, 2.75) is 59.2 Å². The highest BCUT2D eigenvalue weighted by Gasteiger charge is 2.26. The molecule has 1 N–H and O–H groups in total. The molecule has 0 bridgehead atoms. The maximum absolute atomic E-state index is 5.89. The van der Waals surface area contributed by atoms with Crippen LogP contribution in [0.25, 0.3) is 0 Å². The van der Waals surface area contributed by atoms with Gasteiger partial charge < -0.3 is 10.1 Å². The fraction of sp³-hybridized carbons (Fsp3) is 0.733. The fourth-order valence-corrected chi connectivity index (χ4v) is 2.45. The van der Waals surface area contributed by atoms with Crippen molar-refractivity contribution >= 4 is 5.82 Å². The molecule has 4 nitrogen and oxygen atoms in total. The van der Waals surface area contributed by atoms with E-state index in [4.69, 9.17) is 9.72 Å². The SMILES string of the molecule is CCNc1cc(CC(C)C)nc(C2CCC(C)O2)n1. The van der Waals surface area contributed by atoms with Gasteiger partial charge in [-0.1, -0.05) is 13.8 Å². The van der Waals surface area contributed by atoms with Crippen LogP contribution in [0.15, 0.2) is 6.07 Å². The standard InChI is InChI=1S/C15H25N3O/c1-5-16-14-9-12(8-10(2)3)17-15(18-14)13-7-6-11(4)19-13/h9-11,13H,5-8H2,1-4H3,(H,16,17,18). The van der Waals surface area contributed by atoms with E-state index >= 15 is 0 Å². The number of hydrogen-bond acceptors (Lipinski definition) is 4. The van der Waals surface area contributed by atoms with Gasteiger partial charge in [0.2, 0.25) is 0 Å². The van der Waals surface area contributed by atoms with E-state index in [1.54, 1.807) is 0 Å². The Morgan fingerprint density at radius 1 is 1.37 bits per heavy atom. The molecule has 2 rings (SSSR count). The van der Waals surface area contributed by atoms with Crippen LogP contribution in [-0.2, 0) is 11.2 Å². The Morgan fingerprint density at radius 3 is 2.74 bits per heavy atom. The molecule has 0 aromatic carbocycles. The molecule has 1 fully saturated rings. The maximum Gasteiger partial charge on any atom is 0.159 e. The lowest BCUT2D eigenvalue weighted by molar-refractivity contribution is 0.0502. The molecule has 0 radical (unpaired) electrons. The van der Waals surface area contributed by atoms with E-state index in [-0.39, 0.29) is 6.10 Å². The van der Waals surface area contributed by atoms with Crippen LogP contribution in [0.5, 0.6) is 0 Å². The maximum atomic E-state index is 5.89. The smallest absolute Gasteiger partial charge is 0.159 e. The second-order valence-corrected chi connectivity index (χ2v) is 5.74. The summed E-state index contributed by atoms with van der Waals surface area (Å²) in [6.45, 7) is 9.49. The van der Waals surface area contributed by atoms with Gasteiger partial charge >= 0.3 is 0 Å². The number of rotatable bonds is 5. The quantitative estimate of drug-likeness (QED) is 0.885. The van der Waals surface area contributed by atoms with Gasteiger partial charge in [0.15, 0.2) is 5.82 Å². The molecule has 19 heavy (non-hydrogen) atoms. The van der Waals surface area contributed by atoms with Crippen molar-refractivity contribution in [3.8, 4) is 0 Å². The summed E-state index contributed by atoms with van der Waals surface area (Å²) in [5, 5.41) is 3.29. The zero-order valence-electron chi connectivity index (χ0n) is 12.4. The summed E-state index contributed by atoms with van der Waals surface area (Å²) in [7, 11) is 0. The Balaban J connectivity index is 2.23. The normalized spacial score (nSPS) is 23.0. The first kappa shape index (κ1) is 14.3. The van der Waals surface area contributed by atoms with Gasteiger partial charge in [-0.15, -0.1) is 0 Å². The van der Waals surface area contributed by atoms with E-state index < -0.39 is 0 Å². The average molecular weight is 263 g/mol. The van der Waals surface area contributed by atoms with Crippen LogP contribution in [0.2, 0.25) is 0 Å². The second kappa shape index (κ2) is 6.33. The number of ether oxygens (including phenoxy) is 1. The first-order valence-electron chi connectivity index (χ1n) is 7.35. The van der Waals surface area contributed by atoms with E-state index in [2.05, 4.69) is 44.1 Å². The molecule has 0 spiro atoms. The molecule has 1 aromatic rings. The fourth-order valence-electron chi connectivity index (χ4n) is 2.45. The van der Waals surface area contributed by atoms with E-state index in [1.807, 2.05) is 0 Å². The number of nitrogens with zero attached hydrogens (tertiary/aromatic N) is 2. The molecule has 2 unspecified atom stereocenters. The van der Waals surface area contributed by atoms with Crippen LogP contribution in [0.3, 0.4) is 0 Å². The summed E-state index contributed by atoms with van der Waals surface area (Å²) in [4.78, 5) is 9.30. The first-order chi connectivity index (χ1) is 9.08. The zero-order valence-corrected chi connectivity index (χ0v) is 12.4. The Morgan fingerprint density at radius 2 is 2.16 bits per heavy atom. The third-order valence-electron chi connectivity index (χ3n) is 3.29. The summed E-state index contributed by atoms with van der Waals surface area (Å²) in [6, 6.07) is 2.06. The minimum atomic E-state index is 0.0690. The van der Waals surface area contributed by atoms with Crippen LogP contribution in [-0.4, -0.2) is 22.6 Å². The summed E-state index contributed by atoms with van der Waals surface area (Å²) in [5.74, 6) is 2.37. The molecular formula is C15H25N3O. The lowest BCUT2D eigenvalue weighted by atomic mass is 10.1. The van der Waals surface area contributed by atoms with Crippen molar-refractivity contribution in [3.63, 3.8) is 0 Å². The van der Waals surface area contributed by atoms with Crippen LogP contribution in [0, 0.1) is 5.92 Å². The molecule has 106 valence electrons. The van der Waals surface area contributed by atoms with Crippen molar-refractivity contribution in [1.82, 2.24) is 9.97 Å². The van der Waals surface area contributed by atoms with Crippen molar-refractivity contribution in [1.29, 1.82) is 0 Å². The highest BCUT2D eigenvalue weighted by Crippen LogP contribution is 2.31. The number of hydrogen-bond donors (Lipinski definition) is 1. The van der Waals surface area contributed by atoms with Crippen molar-refractivity contribution in [2.24, 2.45) is 5.92 Å². The first-order valence-corrected chi connectivity index (χ1v) is 7.35. The highest BCUT2D eigenvalue weighted by atomic mass is 16.5. The van der Waals surface area contributed by atoms with Crippen LogP contribution in [0.4, 0.5) is 5.82 Å². The molecule has 1 aromatic heterocycles. The minimum Gasteiger partial charge on any atom is -0.370 e. The molecule has 0 saturated carbocycles. The Hall–Kier alpha value is -1.16. The van der Waals surface area contributed by atoms with Gasteiger partial charge in [-0.25, -0.2) is 9.97 Å². The third-order valence-corrected chi connectivity index (χ3v) is 3.29. The zero-order chi connectivity index (χ0) is 13.8. The topological polar surface area (TPSA) is 47.0 Å². The van der Waals surface area contributed by atoms with Gasteiger partial charge in [-0.2, -0.15) is 0 Å². The van der Waals surface area contributed by atoms with Crippen LogP contribution >= 0.6 is 0 Å². The van der Waals surface area contributed by atoms with E-state index in [9.17, 15) is 0 Å². The van der Waals surface area contributed by atoms with Crippen LogP contribution < -0.4 is 5.32 Å². The van der Waals surface area contributed by atoms with Gasteiger partial charge in [0, 0.05) is 18.3 Å². The summed E-state index contributed by atoms with van der Waals surface area (Å²) < 4.78 is 5.89. The Labute approximate surface area is 116 Å². The summed E-state index contributed by atoms with van der Waals surface area (Å²) in [5.41, 5.74) is 1.11. The summed E-state index contributed by atoms with van der Waals surface area (Å²) in [6.07, 6.45) is 3.50. The molecule has 4 heteroatoms. The predicted molar refractivity (Wildman–Crippen MR) is 77.3 cm³/mol. The molecular weight excluding hydrogens is 238 g/mol. The van der Waals surface area contributed by atoms with Gasteiger partial charge in [0.25, 0.3) is 0 Å². The molecule has 1 aliphatic rings. The predicted octanol–water partition coefficient (Wildman–Crippen LogP) is 3.35. The number of nitrogens with one attached hydrogen (secondary N) is 1. The van der Waals surface area contributed by atoms with Crippen LogP contribution in [0.1, 0.15) is 58.2 Å². The van der Waals surface area contributed by atoms with Gasteiger partial charge in [0.05, 0.1) is 6.10 Å². The lowest BCUT2D eigenvalue weighted by Gasteiger charge is -2.14. The molecule has 0 aliphatic carbocycles. The third kappa shape index (κ3) is 3.90. The lowest BCUT2D eigenvalue weighted by Crippen LogP contribution is -2.11. The average Bonchev–Trinajstić information content (AvgIpc) is 2.75. The monoisotopic (exact) mass is 263 g/mol. The highest BCUT2D eigenvalue weighted by molar-refractivity contribution is 5.36. The van der Waals surface area contributed by atoms with Gasteiger partial charge in [-0.3, -0.25) is 0 Å². The number of aromatic nitrogens is 2. The van der Waals surface area contributed by atoms with Crippen molar-refractivity contribution in [2.75, 3.05) is 11.9 Å². The second-order valence-electron chi connectivity index (χ2n) is 5.74. The van der Waals surface area contributed by atoms with E-state index in [1.165, 1.54) is 0 Å². The Kier molecular flexibility index (Phi) is 4.75. The van der Waals surface area contributed by atoms with Gasteiger partial charge in [-0.05, 0) is 39.0 Å². The Bertz CT molecular complexity index is 420. The van der Waals surface area contributed by atoms with Crippen molar-refractivity contribution in [3.05, 3.63) is 17.6 Å². The summed E-state index contributed by atoms with van der Waals surface area (Å²) >= 11 is 0. The molecule has 0 amide bonds. The molecule has 2 heterocycles. The van der Waals surface area contributed by atoms with Crippen molar-refractivity contribution < 1.29 is 4.74 Å². The van der Waals surface area contributed by atoms with E-state index in [0.717, 1.165) is 43.1 Å². The molecule has 2 atom stereocenters. The van der Waals surface area contributed by atoms with Gasteiger partial charge in [0.1, 0.15) is 11.9 Å². The minimum absolute atomic E-state index is 0.0690. The van der Waals surface area contributed by atoms with E-state index in [0.29, 0.717) is 12.0 Å². The molecule has 1 saturated heterocycles.